The van der Waals surface area contributed by atoms with E-state index in [4.69, 9.17) is 55.3 Å². The zero-order valence-electron chi connectivity index (χ0n) is 10.2. The summed E-state index contributed by atoms with van der Waals surface area (Å²) in [5, 5.41) is -0.126. The first kappa shape index (κ1) is 18.4. The van der Waals surface area contributed by atoms with E-state index in [2.05, 4.69) is 13.8 Å². The first-order valence-corrected chi connectivity index (χ1v) is 10.2. The maximum Gasteiger partial charge on any atom is 0.281 e. The summed E-state index contributed by atoms with van der Waals surface area (Å²) in [7, 11) is 0. The molecule has 0 aliphatic carbocycles. The molecule has 0 saturated heterocycles. The van der Waals surface area contributed by atoms with E-state index in [-0.39, 0.29) is 10.8 Å². The van der Waals surface area contributed by atoms with Crippen molar-refractivity contribution in [1.82, 2.24) is 0 Å². The standard InChI is InChI=1S/C10H20Cl3O2PS/c1-3-5-9(11)7-14-16(13,17)15-8-10(12)6-4-2/h9-10H,3-8H2,1-2H3. The molecular formula is C10H20Cl3O2PS. The van der Waals surface area contributed by atoms with Gasteiger partial charge in [0.1, 0.15) is 0 Å². The average Bonchev–Trinajstić information content (AvgIpc) is 2.25. The lowest BCUT2D eigenvalue weighted by molar-refractivity contribution is 0.253. The van der Waals surface area contributed by atoms with Crippen molar-refractivity contribution >= 4 is 52.1 Å². The molecule has 0 aromatic carbocycles. The van der Waals surface area contributed by atoms with E-state index in [0.29, 0.717) is 13.2 Å². The van der Waals surface area contributed by atoms with Crippen molar-refractivity contribution in [3.8, 4) is 0 Å². The Morgan fingerprint density at radius 2 is 1.35 bits per heavy atom. The van der Waals surface area contributed by atoms with Crippen LogP contribution in [-0.2, 0) is 20.9 Å². The van der Waals surface area contributed by atoms with Crippen molar-refractivity contribution in [2.75, 3.05) is 13.2 Å². The second kappa shape index (κ2) is 10.3. The molecule has 0 aliphatic rings. The molecule has 0 radical (unpaired) electrons. The SMILES string of the molecule is CCCC(Cl)COP(=S)(Cl)OCC(Cl)CCC. The Hall–Kier alpha value is 1.44. The lowest BCUT2D eigenvalue weighted by atomic mass is 10.3. The smallest absolute Gasteiger partial charge is 0.281 e. The molecule has 7 heteroatoms. The fraction of sp³-hybridized carbons (Fsp3) is 1.00. The molecule has 0 rings (SSSR count). The van der Waals surface area contributed by atoms with Crippen LogP contribution in [0.5, 0.6) is 0 Å². The third-order valence-electron chi connectivity index (χ3n) is 2.02. The number of rotatable bonds is 10. The van der Waals surface area contributed by atoms with E-state index in [1.165, 1.54) is 0 Å². The summed E-state index contributed by atoms with van der Waals surface area (Å²) < 4.78 is 10.7. The Bertz CT molecular complexity index is 224. The molecule has 0 N–H and O–H groups in total. The van der Waals surface area contributed by atoms with Gasteiger partial charge in [-0.1, -0.05) is 26.7 Å². The fourth-order valence-corrected chi connectivity index (χ4v) is 3.40. The van der Waals surface area contributed by atoms with E-state index in [1.54, 1.807) is 0 Å². The zero-order valence-corrected chi connectivity index (χ0v) is 14.2. The predicted octanol–water partition coefficient (Wildman–Crippen LogP) is 5.30. The molecule has 2 atom stereocenters. The normalized spacial score (nSPS) is 18.6. The summed E-state index contributed by atoms with van der Waals surface area (Å²) in [5.41, 5.74) is 0. The van der Waals surface area contributed by atoms with Gasteiger partial charge < -0.3 is 9.05 Å². The highest BCUT2D eigenvalue weighted by Crippen LogP contribution is 2.54. The van der Waals surface area contributed by atoms with E-state index in [9.17, 15) is 0 Å². The van der Waals surface area contributed by atoms with Gasteiger partial charge in [-0.25, -0.2) is 0 Å². The van der Waals surface area contributed by atoms with Gasteiger partial charge >= 0.3 is 0 Å². The third kappa shape index (κ3) is 11.0. The van der Waals surface area contributed by atoms with Gasteiger partial charge in [0.05, 0.1) is 24.0 Å². The molecule has 0 aliphatic heterocycles. The van der Waals surface area contributed by atoms with Gasteiger partial charge in [0, 0.05) is 0 Å². The summed E-state index contributed by atoms with van der Waals surface area (Å²) in [6, 6.07) is 0. The first-order valence-electron chi connectivity index (χ1n) is 5.78. The van der Waals surface area contributed by atoms with Crippen molar-refractivity contribution in [2.24, 2.45) is 0 Å². The van der Waals surface area contributed by atoms with Gasteiger partial charge in [-0.3, -0.25) is 0 Å². The first-order chi connectivity index (χ1) is 7.91. The molecule has 17 heavy (non-hydrogen) atoms. The minimum atomic E-state index is -2.71. The molecule has 2 nitrogen and oxygen atoms in total. The van der Waals surface area contributed by atoms with Crippen LogP contribution < -0.4 is 0 Å². The van der Waals surface area contributed by atoms with Crippen LogP contribution in [0.25, 0.3) is 0 Å². The largest absolute Gasteiger partial charge is 0.316 e. The molecule has 0 saturated carbocycles. The number of halogens is 3. The summed E-state index contributed by atoms with van der Waals surface area (Å²) in [5.74, 6) is -2.71. The highest BCUT2D eigenvalue weighted by atomic mass is 35.7. The molecule has 0 aromatic heterocycles. The van der Waals surface area contributed by atoms with Gasteiger partial charge in [0.2, 0.25) is 0 Å². The molecule has 0 fully saturated rings. The molecule has 0 aromatic rings. The van der Waals surface area contributed by atoms with Crippen LogP contribution in [0.15, 0.2) is 0 Å². The van der Waals surface area contributed by atoms with Gasteiger partial charge in [-0.15, -0.1) is 23.2 Å². The molecule has 0 bridgehead atoms. The summed E-state index contributed by atoms with van der Waals surface area (Å²) in [6.07, 6.45) is 3.76. The van der Waals surface area contributed by atoms with E-state index < -0.39 is 5.84 Å². The highest BCUT2D eigenvalue weighted by molar-refractivity contribution is 8.22. The Morgan fingerprint density at radius 1 is 1.00 bits per heavy atom. The minimum absolute atomic E-state index is 0.0629. The van der Waals surface area contributed by atoms with Crippen molar-refractivity contribution < 1.29 is 9.05 Å². The van der Waals surface area contributed by atoms with Crippen LogP contribution in [0.1, 0.15) is 39.5 Å². The van der Waals surface area contributed by atoms with Crippen LogP contribution in [0.3, 0.4) is 0 Å². The van der Waals surface area contributed by atoms with Crippen LogP contribution in [0, 0.1) is 0 Å². The van der Waals surface area contributed by atoms with Crippen LogP contribution in [0.4, 0.5) is 0 Å². The number of alkyl halides is 2. The Balaban J connectivity index is 3.83. The molecule has 0 amide bonds. The van der Waals surface area contributed by atoms with E-state index in [1.807, 2.05) is 0 Å². The second-order valence-corrected chi connectivity index (χ2v) is 9.78. The summed E-state index contributed by atoms with van der Waals surface area (Å²) >= 11 is 23.1. The fourth-order valence-electron chi connectivity index (χ4n) is 1.17. The molecule has 104 valence electrons. The van der Waals surface area contributed by atoms with Crippen molar-refractivity contribution in [1.29, 1.82) is 0 Å². The topological polar surface area (TPSA) is 18.5 Å². The zero-order chi connectivity index (χ0) is 13.3. The Morgan fingerprint density at radius 3 is 1.65 bits per heavy atom. The third-order valence-corrected chi connectivity index (χ3v) is 4.84. The quantitative estimate of drug-likeness (QED) is 0.397. The summed E-state index contributed by atoms with van der Waals surface area (Å²) in [4.78, 5) is 0. The van der Waals surface area contributed by atoms with E-state index >= 15 is 0 Å². The maximum absolute atomic E-state index is 6.01. The molecule has 0 spiro atoms. The molecule has 2 unspecified atom stereocenters. The average molecular weight is 342 g/mol. The van der Waals surface area contributed by atoms with Crippen molar-refractivity contribution in [3.05, 3.63) is 0 Å². The van der Waals surface area contributed by atoms with Crippen molar-refractivity contribution in [2.45, 2.75) is 50.3 Å². The van der Waals surface area contributed by atoms with Gasteiger partial charge in [0.25, 0.3) is 5.84 Å². The molecular weight excluding hydrogens is 322 g/mol. The Kier molecular flexibility index (Phi) is 11.1. The predicted molar refractivity (Wildman–Crippen MR) is 81.1 cm³/mol. The van der Waals surface area contributed by atoms with Crippen LogP contribution in [0.2, 0.25) is 0 Å². The monoisotopic (exact) mass is 340 g/mol. The lowest BCUT2D eigenvalue weighted by Gasteiger charge is -2.18. The van der Waals surface area contributed by atoms with Gasteiger partial charge in [-0.2, -0.15) is 0 Å². The summed E-state index contributed by atoms with van der Waals surface area (Å²) in [6.45, 7) is 4.78. The van der Waals surface area contributed by atoms with Gasteiger partial charge in [0.15, 0.2) is 0 Å². The minimum Gasteiger partial charge on any atom is -0.316 e. The number of hydrogen-bond acceptors (Lipinski definition) is 3. The van der Waals surface area contributed by atoms with Crippen molar-refractivity contribution in [3.63, 3.8) is 0 Å². The maximum atomic E-state index is 6.01. The van der Waals surface area contributed by atoms with Crippen LogP contribution in [-0.4, -0.2) is 24.0 Å². The van der Waals surface area contributed by atoms with E-state index in [0.717, 1.165) is 25.7 Å². The number of hydrogen-bond donors (Lipinski definition) is 0. The van der Waals surface area contributed by atoms with Crippen LogP contribution >= 0.6 is 40.3 Å². The highest BCUT2D eigenvalue weighted by Gasteiger charge is 2.19. The second-order valence-electron chi connectivity index (χ2n) is 3.79. The Labute approximate surface area is 124 Å². The molecule has 0 heterocycles. The van der Waals surface area contributed by atoms with Gasteiger partial charge in [-0.05, 0) is 35.9 Å². The lowest BCUT2D eigenvalue weighted by Crippen LogP contribution is -2.10.